The molecule has 0 unspecified atom stereocenters. The molecule has 0 bridgehead atoms. The van der Waals surface area contributed by atoms with Crippen LogP contribution in [-0.4, -0.2) is 42.8 Å². The fraction of sp³-hybridized carbons (Fsp3) is 1.00. The first-order chi connectivity index (χ1) is 6.93. The SMILES string of the molecule is C[Si](N[Si](C)(C)[Si](C)C)N1CCCCC1. The fourth-order valence-electron chi connectivity index (χ4n) is 1.89. The van der Waals surface area contributed by atoms with Gasteiger partial charge in [-0.25, -0.2) is 0 Å². The summed E-state index contributed by atoms with van der Waals surface area (Å²) in [5, 5.41) is 0. The lowest BCUT2D eigenvalue weighted by Gasteiger charge is -2.37. The average Bonchev–Trinajstić information content (AvgIpc) is 2.18. The van der Waals surface area contributed by atoms with Crippen LogP contribution in [0.3, 0.4) is 0 Å². The normalized spacial score (nSPS) is 20.2. The van der Waals surface area contributed by atoms with Crippen LogP contribution in [0.2, 0.25) is 32.7 Å². The van der Waals surface area contributed by atoms with Gasteiger partial charge in [0.2, 0.25) is 9.12 Å². The average molecular weight is 259 g/mol. The van der Waals surface area contributed by atoms with Crippen LogP contribution >= 0.6 is 0 Å². The molecule has 1 rings (SSSR count). The molecular weight excluding hydrogens is 232 g/mol. The Balaban J connectivity index is 2.42. The highest BCUT2D eigenvalue weighted by molar-refractivity contribution is 7.31. The number of rotatable bonds is 4. The maximum Gasteiger partial charge on any atom is 0.215 e. The Morgan fingerprint density at radius 3 is 2.00 bits per heavy atom. The lowest BCUT2D eigenvalue weighted by atomic mass is 10.2. The molecule has 1 aliphatic heterocycles. The standard InChI is InChI=1S/C10H26N2Si3/c1-13(2)15(4,5)11-14(3)12-9-7-6-8-10-12/h11H,6-10H2,1-5H3. The third-order valence-corrected chi connectivity index (χ3v) is 20.0. The van der Waals surface area contributed by atoms with Crippen LogP contribution in [0.15, 0.2) is 0 Å². The van der Waals surface area contributed by atoms with Crippen molar-refractivity contribution in [3.8, 4) is 0 Å². The van der Waals surface area contributed by atoms with E-state index in [1.54, 1.807) is 0 Å². The van der Waals surface area contributed by atoms with Crippen molar-refractivity contribution in [1.82, 2.24) is 9.21 Å². The molecule has 0 spiro atoms. The van der Waals surface area contributed by atoms with Crippen LogP contribution in [0.4, 0.5) is 0 Å². The van der Waals surface area contributed by atoms with Crippen LogP contribution in [0, 0.1) is 0 Å². The molecule has 0 saturated carbocycles. The third-order valence-electron chi connectivity index (χ3n) is 3.57. The van der Waals surface area contributed by atoms with Crippen molar-refractivity contribution >= 4 is 25.2 Å². The van der Waals surface area contributed by atoms with Gasteiger partial charge in [-0.3, -0.25) is 0 Å². The molecule has 1 heterocycles. The van der Waals surface area contributed by atoms with E-state index in [4.69, 9.17) is 0 Å². The minimum absolute atomic E-state index is 0.117. The molecular formula is C10H26N2Si3. The highest BCUT2D eigenvalue weighted by Crippen LogP contribution is 2.11. The summed E-state index contributed by atoms with van der Waals surface area (Å²) in [6.45, 7) is 15.1. The molecule has 0 amide bonds. The molecule has 0 atom stereocenters. The molecule has 1 N–H and O–H groups in total. The van der Waals surface area contributed by atoms with E-state index in [0.29, 0.717) is 0 Å². The Kier molecular flexibility index (Phi) is 5.24. The molecule has 0 aliphatic carbocycles. The predicted octanol–water partition coefficient (Wildman–Crippen LogP) is 2.22. The van der Waals surface area contributed by atoms with Gasteiger partial charge in [-0.1, -0.05) is 32.6 Å². The lowest BCUT2D eigenvalue weighted by Crippen LogP contribution is -2.65. The summed E-state index contributed by atoms with van der Waals surface area (Å²) in [4.78, 5) is 0. The van der Waals surface area contributed by atoms with Gasteiger partial charge in [0.25, 0.3) is 0 Å². The van der Waals surface area contributed by atoms with Gasteiger partial charge in [-0.15, -0.1) is 0 Å². The molecule has 1 aliphatic rings. The zero-order valence-corrected chi connectivity index (χ0v) is 14.0. The second-order valence-corrected chi connectivity index (χ2v) is 20.2. The second kappa shape index (κ2) is 5.77. The van der Waals surface area contributed by atoms with Crippen molar-refractivity contribution < 1.29 is 0 Å². The minimum atomic E-state index is -1.07. The predicted molar refractivity (Wildman–Crippen MR) is 75.1 cm³/mol. The van der Waals surface area contributed by atoms with Gasteiger partial charge in [0.1, 0.15) is 7.75 Å². The number of hydrogen-bond donors (Lipinski definition) is 1. The lowest BCUT2D eigenvalue weighted by molar-refractivity contribution is 0.350. The van der Waals surface area contributed by atoms with Gasteiger partial charge in [0.15, 0.2) is 0 Å². The number of nitrogens with zero attached hydrogens (tertiary/aromatic N) is 1. The topological polar surface area (TPSA) is 15.3 Å². The molecule has 0 aromatic carbocycles. The first-order valence-corrected chi connectivity index (χ1v) is 14.6. The molecule has 88 valence electrons. The van der Waals surface area contributed by atoms with E-state index < -0.39 is 16.9 Å². The number of piperidine rings is 1. The fourth-order valence-corrected chi connectivity index (χ4v) is 12.0. The summed E-state index contributed by atoms with van der Waals surface area (Å²) in [5.74, 6) is 0. The summed E-state index contributed by atoms with van der Waals surface area (Å²) < 4.78 is 6.77. The number of nitrogens with one attached hydrogen (secondary N) is 1. The van der Waals surface area contributed by atoms with Gasteiger partial charge in [0.05, 0.1) is 8.31 Å². The molecule has 2 radical (unpaired) electrons. The van der Waals surface area contributed by atoms with Crippen molar-refractivity contribution in [2.24, 2.45) is 0 Å². The van der Waals surface area contributed by atoms with Gasteiger partial charge in [-0.05, 0) is 32.5 Å². The second-order valence-electron chi connectivity index (χ2n) is 5.38. The highest BCUT2D eigenvalue weighted by Gasteiger charge is 2.31. The smallest absolute Gasteiger partial charge is 0.215 e. The van der Waals surface area contributed by atoms with Crippen LogP contribution in [0.1, 0.15) is 19.3 Å². The Hall–Kier alpha value is 0.571. The van der Waals surface area contributed by atoms with Crippen LogP contribution in [-0.2, 0) is 0 Å². The quantitative estimate of drug-likeness (QED) is 0.778. The van der Waals surface area contributed by atoms with Crippen molar-refractivity contribution in [3.63, 3.8) is 0 Å². The van der Waals surface area contributed by atoms with Crippen LogP contribution < -0.4 is 4.65 Å². The molecule has 0 aromatic rings. The Morgan fingerprint density at radius 1 is 1.00 bits per heavy atom. The first kappa shape index (κ1) is 13.6. The monoisotopic (exact) mass is 258 g/mol. The van der Waals surface area contributed by atoms with Gasteiger partial charge in [-0.2, -0.15) is 0 Å². The molecule has 1 saturated heterocycles. The van der Waals surface area contributed by atoms with Crippen molar-refractivity contribution in [2.45, 2.75) is 52.0 Å². The molecule has 2 nitrogen and oxygen atoms in total. The van der Waals surface area contributed by atoms with Crippen molar-refractivity contribution in [1.29, 1.82) is 0 Å². The number of hydrogen-bond acceptors (Lipinski definition) is 2. The van der Waals surface area contributed by atoms with Crippen LogP contribution in [0.25, 0.3) is 0 Å². The summed E-state index contributed by atoms with van der Waals surface area (Å²) in [6.07, 6.45) is 4.28. The van der Waals surface area contributed by atoms with Gasteiger partial charge in [0, 0.05) is 0 Å². The molecule has 5 heteroatoms. The summed E-state index contributed by atoms with van der Waals surface area (Å²) >= 11 is 0. The largest absolute Gasteiger partial charge is 0.350 e. The summed E-state index contributed by atoms with van der Waals surface area (Å²) in [6, 6.07) is 0. The van der Waals surface area contributed by atoms with E-state index in [9.17, 15) is 0 Å². The van der Waals surface area contributed by atoms with Crippen molar-refractivity contribution in [3.05, 3.63) is 0 Å². The van der Waals surface area contributed by atoms with E-state index in [0.717, 1.165) is 0 Å². The van der Waals surface area contributed by atoms with E-state index >= 15 is 0 Å². The zero-order chi connectivity index (χ0) is 11.5. The Labute approximate surface area is 99.7 Å². The van der Waals surface area contributed by atoms with E-state index in [1.807, 2.05) is 0 Å². The van der Waals surface area contributed by atoms with E-state index in [1.165, 1.54) is 32.4 Å². The maximum atomic E-state index is 4.04. The van der Waals surface area contributed by atoms with Gasteiger partial charge >= 0.3 is 0 Å². The molecule has 15 heavy (non-hydrogen) atoms. The highest BCUT2D eigenvalue weighted by atomic mass is 29.2. The summed E-state index contributed by atoms with van der Waals surface area (Å²) in [5.41, 5.74) is 0. The first-order valence-electron chi connectivity index (χ1n) is 6.11. The Morgan fingerprint density at radius 2 is 1.53 bits per heavy atom. The van der Waals surface area contributed by atoms with E-state index in [2.05, 4.69) is 41.9 Å². The third kappa shape index (κ3) is 4.14. The van der Waals surface area contributed by atoms with Crippen molar-refractivity contribution in [2.75, 3.05) is 13.1 Å². The van der Waals surface area contributed by atoms with E-state index in [-0.39, 0.29) is 8.31 Å². The molecule has 1 fully saturated rings. The summed E-state index contributed by atoms with van der Waals surface area (Å²) in [7, 11) is -1.61. The Bertz CT molecular complexity index is 191. The minimum Gasteiger partial charge on any atom is -0.350 e. The van der Waals surface area contributed by atoms with Crippen LogP contribution in [0.5, 0.6) is 0 Å². The zero-order valence-electron chi connectivity index (χ0n) is 11.0. The van der Waals surface area contributed by atoms with Gasteiger partial charge < -0.3 is 9.21 Å². The molecule has 0 aromatic heterocycles. The maximum absolute atomic E-state index is 4.04.